The summed E-state index contributed by atoms with van der Waals surface area (Å²) in [6, 6.07) is 21.1. The zero-order valence-electron chi connectivity index (χ0n) is 16.6. The Balaban J connectivity index is 1.34. The van der Waals surface area contributed by atoms with Gasteiger partial charge in [0.2, 0.25) is 0 Å². The predicted octanol–water partition coefficient (Wildman–Crippen LogP) is 6.61. The lowest BCUT2D eigenvalue weighted by molar-refractivity contribution is 0.0929. The van der Waals surface area contributed by atoms with Crippen LogP contribution in [-0.4, -0.2) is 12.1 Å². The van der Waals surface area contributed by atoms with Gasteiger partial charge in [-0.2, -0.15) is 5.10 Å². The number of rotatable bonds is 6. The third-order valence-electron chi connectivity index (χ3n) is 4.55. The summed E-state index contributed by atoms with van der Waals surface area (Å²) in [5.74, 6) is 0.528. The van der Waals surface area contributed by atoms with Gasteiger partial charge in [0, 0.05) is 9.86 Å². The zero-order valence-corrected chi connectivity index (χ0v) is 19.7. The molecule has 0 aliphatic heterocycles. The van der Waals surface area contributed by atoms with Gasteiger partial charge in [0.1, 0.15) is 17.9 Å². The SMILES string of the molecule is Cc1ccc(COc2ccc(/C=N\NC(=O)c3cc4cc(Br)cc(Br)c4o3)cc2)cc1. The van der Waals surface area contributed by atoms with E-state index in [-0.39, 0.29) is 5.76 Å². The number of nitrogens with zero attached hydrogens (tertiary/aromatic N) is 1. The maximum absolute atomic E-state index is 12.3. The van der Waals surface area contributed by atoms with Crippen LogP contribution in [0, 0.1) is 6.92 Å². The number of hydrazone groups is 1. The van der Waals surface area contributed by atoms with Gasteiger partial charge in [0.15, 0.2) is 5.76 Å². The minimum atomic E-state index is -0.423. The molecule has 0 aliphatic rings. The Labute approximate surface area is 196 Å². The Morgan fingerprint density at radius 1 is 1.06 bits per heavy atom. The van der Waals surface area contributed by atoms with E-state index in [1.807, 2.05) is 36.4 Å². The number of amides is 1. The molecule has 0 spiro atoms. The monoisotopic (exact) mass is 540 g/mol. The summed E-state index contributed by atoms with van der Waals surface area (Å²) in [4.78, 5) is 12.3. The molecule has 5 nitrogen and oxygen atoms in total. The van der Waals surface area contributed by atoms with Crippen molar-refractivity contribution in [3.63, 3.8) is 0 Å². The Kier molecular flexibility index (Phi) is 6.53. The number of ether oxygens (including phenoxy) is 1. The fraction of sp³-hybridized carbons (Fsp3) is 0.0833. The molecule has 1 N–H and O–H groups in total. The topological polar surface area (TPSA) is 63.8 Å². The molecule has 7 heteroatoms. The van der Waals surface area contributed by atoms with Crippen LogP contribution >= 0.6 is 31.9 Å². The fourth-order valence-electron chi connectivity index (χ4n) is 2.91. The second kappa shape index (κ2) is 9.49. The Bertz CT molecular complexity index is 1250. The highest BCUT2D eigenvalue weighted by Gasteiger charge is 2.14. The maximum Gasteiger partial charge on any atom is 0.307 e. The van der Waals surface area contributed by atoms with Crippen molar-refractivity contribution in [2.45, 2.75) is 13.5 Å². The molecule has 0 bridgehead atoms. The van der Waals surface area contributed by atoms with Crippen LogP contribution < -0.4 is 10.2 Å². The number of furan rings is 1. The molecule has 31 heavy (non-hydrogen) atoms. The molecule has 0 radical (unpaired) electrons. The van der Waals surface area contributed by atoms with Gasteiger partial charge in [-0.3, -0.25) is 4.79 Å². The number of carbonyl (C=O) groups is 1. The van der Waals surface area contributed by atoms with Crippen LogP contribution in [-0.2, 0) is 6.61 Å². The molecule has 4 aromatic rings. The van der Waals surface area contributed by atoms with Gasteiger partial charge in [-0.05, 0) is 76.4 Å². The molecule has 0 fully saturated rings. The lowest BCUT2D eigenvalue weighted by atomic mass is 10.2. The van der Waals surface area contributed by atoms with Crippen molar-refractivity contribution in [1.82, 2.24) is 5.43 Å². The van der Waals surface area contributed by atoms with Crippen LogP contribution in [0.2, 0.25) is 0 Å². The van der Waals surface area contributed by atoms with Crippen molar-refractivity contribution in [2.75, 3.05) is 0 Å². The number of hydrogen-bond acceptors (Lipinski definition) is 4. The number of halogens is 2. The largest absolute Gasteiger partial charge is 0.489 e. The number of fused-ring (bicyclic) bond motifs is 1. The number of aryl methyl sites for hydroxylation is 1. The molecular weight excluding hydrogens is 524 g/mol. The van der Waals surface area contributed by atoms with Crippen LogP contribution in [0.4, 0.5) is 0 Å². The molecular formula is C24H18Br2N2O3. The smallest absolute Gasteiger partial charge is 0.307 e. The predicted molar refractivity (Wildman–Crippen MR) is 129 cm³/mol. The summed E-state index contributed by atoms with van der Waals surface area (Å²) in [5, 5.41) is 4.83. The molecule has 0 aliphatic carbocycles. The van der Waals surface area contributed by atoms with Gasteiger partial charge >= 0.3 is 5.91 Å². The molecule has 0 saturated carbocycles. The van der Waals surface area contributed by atoms with Crippen molar-refractivity contribution in [2.24, 2.45) is 5.10 Å². The molecule has 1 amide bonds. The van der Waals surface area contributed by atoms with Crippen LogP contribution in [0.15, 0.2) is 85.2 Å². The van der Waals surface area contributed by atoms with E-state index in [0.717, 1.165) is 31.2 Å². The van der Waals surface area contributed by atoms with Gasteiger partial charge in [-0.1, -0.05) is 45.8 Å². The van der Waals surface area contributed by atoms with Crippen molar-refractivity contribution in [1.29, 1.82) is 0 Å². The van der Waals surface area contributed by atoms with Gasteiger partial charge in [0.05, 0.1) is 10.7 Å². The quantitative estimate of drug-likeness (QED) is 0.221. The van der Waals surface area contributed by atoms with E-state index in [9.17, 15) is 4.79 Å². The number of carbonyl (C=O) groups excluding carboxylic acids is 1. The average Bonchev–Trinajstić information content (AvgIpc) is 3.19. The summed E-state index contributed by atoms with van der Waals surface area (Å²) >= 11 is 6.85. The molecule has 3 aromatic carbocycles. The Hall–Kier alpha value is -2.90. The minimum Gasteiger partial charge on any atom is -0.489 e. The molecule has 1 heterocycles. The summed E-state index contributed by atoms with van der Waals surface area (Å²) in [6.45, 7) is 2.57. The summed E-state index contributed by atoms with van der Waals surface area (Å²) < 4.78 is 13.1. The lowest BCUT2D eigenvalue weighted by Crippen LogP contribution is -2.16. The van der Waals surface area contributed by atoms with Crippen molar-refractivity contribution in [3.05, 3.63) is 98.1 Å². The van der Waals surface area contributed by atoms with Crippen molar-refractivity contribution in [3.8, 4) is 5.75 Å². The van der Waals surface area contributed by atoms with Crippen LogP contribution in [0.3, 0.4) is 0 Å². The maximum atomic E-state index is 12.3. The van der Waals surface area contributed by atoms with E-state index in [2.05, 4.69) is 73.6 Å². The molecule has 1 aromatic heterocycles. The second-order valence-electron chi connectivity index (χ2n) is 6.96. The van der Waals surface area contributed by atoms with E-state index >= 15 is 0 Å². The van der Waals surface area contributed by atoms with Gasteiger partial charge in [-0.15, -0.1) is 0 Å². The Morgan fingerprint density at radius 2 is 1.81 bits per heavy atom. The highest BCUT2D eigenvalue weighted by atomic mass is 79.9. The van der Waals surface area contributed by atoms with Crippen LogP contribution in [0.1, 0.15) is 27.2 Å². The number of hydrogen-bond donors (Lipinski definition) is 1. The highest BCUT2D eigenvalue weighted by molar-refractivity contribution is 9.11. The molecule has 4 rings (SSSR count). The average molecular weight is 542 g/mol. The van der Waals surface area contributed by atoms with E-state index < -0.39 is 5.91 Å². The standard InChI is InChI=1S/C24H18Br2N2O3/c1-15-2-4-17(5-3-15)14-30-20-8-6-16(7-9-20)13-27-28-24(29)22-11-18-10-19(25)12-21(26)23(18)31-22/h2-13H,14H2,1H3,(H,28,29)/b27-13-. The molecule has 0 saturated heterocycles. The minimum absolute atomic E-state index is 0.186. The summed E-state index contributed by atoms with van der Waals surface area (Å²) in [7, 11) is 0. The first-order valence-corrected chi connectivity index (χ1v) is 11.1. The second-order valence-corrected chi connectivity index (χ2v) is 8.73. The van der Waals surface area contributed by atoms with Crippen molar-refractivity contribution >= 4 is 55.0 Å². The van der Waals surface area contributed by atoms with Gasteiger partial charge in [-0.25, -0.2) is 5.43 Å². The normalized spacial score (nSPS) is 11.2. The third-order valence-corrected chi connectivity index (χ3v) is 5.59. The first kappa shape index (κ1) is 21.3. The third kappa shape index (κ3) is 5.42. The fourth-order valence-corrected chi connectivity index (χ4v) is 4.25. The van der Waals surface area contributed by atoms with E-state index in [1.54, 1.807) is 12.3 Å². The summed E-state index contributed by atoms with van der Waals surface area (Å²) in [6.07, 6.45) is 1.57. The Morgan fingerprint density at radius 3 is 2.55 bits per heavy atom. The number of benzene rings is 3. The first-order valence-electron chi connectivity index (χ1n) is 9.48. The molecule has 0 unspecified atom stereocenters. The number of nitrogens with one attached hydrogen (secondary N) is 1. The zero-order chi connectivity index (χ0) is 21.8. The molecule has 156 valence electrons. The highest BCUT2D eigenvalue weighted by Crippen LogP contribution is 2.30. The summed E-state index contributed by atoms with van der Waals surface area (Å²) in [5.41, 5.74) is 6.27. The van der Waals surface area contributed by atoms with Crippen LogP contribution in [0.25, 0.3) is 11.0 Å². The van der Waals surface area contributed by atoms with Crippen molar-refractivity contribution < 1.29 is 13.9 Å². The van der Waals surface area contributed by atoms with E-state index in [0.29, 0.717) is 12.2 Å². The van der Waals surface area contributed by atoms with Gasteiger partial charge < -0.3 is 9.15 Å². The van der Waals surface area contributed by atoms with Crippen LogP contribution in [0.5, 0.6) is 5.75 Å². The molecule has 0 atom stereocenters. The van der Waals surface area contributed by atoms with E-state index in [1.165, 1.54) is 5.56 Å². The van der Waals surface area contributed by atoms with E-state index in [4.69, 9.17) is 9.15 Å². The first-order chi connectivity index (χ1) is 15.0. The lowest BCUT2D eigenvalue weighted by Gasteiger charge is -2.06. The van der Waals surface area contributed by atoms with Gasteiger partial charge in [0.25, 0.3) is 0 Å².